The fourth-order valence-electron chi connectivity index (χ4n) is 3.13. The Hall–Kier alpha value is -2.10. The van der Waals surface area contributed by atoms with E-state index in [1.165, 1.54) is 12.0 Å². The smallest absolute Gasteiger partial charge is 0.382 e. The van der Waals surface area contributed by atoms with E-state index in [1.54, 1.807) is 0 Å². The van der Waals surface area contributed by atoms with Crippen molar-refractivity contribution in [2.24, 2.45) is 5.73 Å². The molecule has 2 heterocycles. The number of ether oxygens (including phenoxy) is 1. The molecule has 1 saturated heterocycles. The highest BCUT2D eigenvalue weighted by molar-refractivity contribution is 5.80. The van der Waals surface area contributed by atoms with Crippen molar-refractivity contribution in [2.45, 2.75) is 37.5 Å². The van der Waals surface area contributed by atoms with Crippen molar-refractivity contribution in [1.82, 2.24) is 14.7 Å². The van der Waals surface area contributed by atoms with Gasteiger partial charge in [0.05, 0.1) is 18.6 Å². The zero-order valence-corrected chi connectivity index (χ0v) is 13.2. The molecule has 1 fully saturated rings. The highest BCUT2D eigenvalue weighted by atomic mass is 19.4. The summed E-state index contributed by atoms with van der Waals surface area (Å²) in [7, 11) is 1.45. The predicted molar refractivity (Wildman–Crippen MR) is 76.6 cm³/mol. The molecule has 0 aromatic carbocycles. The lowest BCUT2D eigenvalue weighted by atomic mass is 9.92. The molecule has 0 radical (unpaired) electrons. The number of aromatic nitrogens is 2. The number of rotatable bonds is 6. The fraction of sp³-hybridized carbons (Fsp3) is 0.643. The number of nitrogens with two attached hydrogens (primary N) is 1. The second-order valence-corrected chi connectivity index (χ2v) is 5.85. The summed E-state index contributed by atoms with van der Waals surface area (Å²) in [6, 6.07) is 0.809. The maximum absolute atomic E-state index is 12.6. The van der Waals surface area contributed by atoms with Gasteiger partial charge in [0.2, 0.25) is 11.8 Å². The summed E-state index contributed by atoms with van der Waals surface area (Å²) < 4.78 is 43.8. The topological polar surface area (TPSA) is 90.5 Å². The van der Waals surface area contributed by atoms with Crippen molar-refractivity contribution in [1.29, 1.82) is 0 Å². The van der Waals surface area contributed by atoms with Gasteiger partial charge in [0, 0.05) is 19.9 Å². The lowest BCUT2D eigenvalue weighted by Gasteiger charge is -2.37. The normalized spacial score (nSPS) is 21.2. The van der Waals surface area contributed by atoms with Crippen LogP contribution in [0.25, 0.3) is 0 Å². The number of methoxy groups -OCH3 is 1. The molecule has 0 spiro atoms. The van der Waals surface area contributed by atoms with E-state index in [0.29, 0.717) is 19.4 Å². The Labute approximate surface area is 136 Å². The number of primary amides is 1. The Kier molecular flexibility index (Phi) is 5.16. The summed E-state index contributed by atoms with van der Waals surface area (Å²) in [6.07, 6.45) is -2.31. The number of carbonyl (C=O) groups excluding carboxylic acids is 2. The van der Waals surface area contributed by atoms with E-state index in [-0.39, 0.29) is 19.6 Å². The van der Waals surface area contributed by atoms with E-state index in [2.05, 4.69) is 5.10 Å². The van der Waals surface area contributed by atoms with Gasteiger partial charge in [0.25, 0.3) is 0 Å². The SMILES string of the molecule is COCC1(CC(N)=O)CCCN1C(=O)Cn1ccc(C(F)(F)F)n1. The van der Waals surface area contributed by atoms with Gasteiger partial charge in [-0.05, 0) is 18.9 Å². The van der Waals surface area contributed by atoms with Crippen molar-refractivity contribution in [3.63, 3.8) is 0 Å². The summed E-state index contributed by atoms with van der Waals surface area (Å²) in [6.45, 7) is 0.178. The monoisotopic (exact) mass is 348 g/mol. The summed E-state index contributed by atoms with van der Waals surface area (Å²) >= 11 is 0. The first-order chi connectivity index (χ1) is 11.2. The molecule has 1 aromatic heterocycles. The van der Waals surface area contributed by atoms with Crippen molar-refractivity contribution in [3.8, 4) is 0 Å². The van der Waals surface area contributed by atoms with Crippen LogP contribution in [0.1, 0.15) is 25.0 Å². The molecular formula is C14H19F3N4O3. The Balaban J connectivity index is 2.15. The molecule has 0 saturated carbocycles. The van der Waals surface area contributed by atoms with Crippen molar-refractivity contribution < 1.29 is 27.5 Å². The van der Waals surface area contributed by atoms with Crippen LogP contribution in [0.3, 0.4) is 0 Å². The van der Waals surface area contributed by atoms with E-state index < -0.39 is 29.2 Å². The van der Waals surface area contributed by atoms with Crippen LogP contribution in [0.2, 0.25) is 0 Å². The largest absolute Gasteiger partial charge is 0.435 e. The molecule has 0 aliphatic carbocycles. The number of nitrogens with zero attached hydrogens (tertiary/aromatic N) is 3. The van der Waals surface area contributed by atoms with Crippen LogP contribution in [0.4, 0.5) is 13.2 Å². The van der Waals surface area contributed by atoms with Gasteiger partial charge in [0.15, 0.2) is 5.69 Å². The molecule has 134 valence electrons. The van der Waals surface area contributed by atoms with Crippen LogP contribution in [0, 0.1) is 0 Å². The first-order valence-electron chi connectivity index (χ1n) is 7.36. The zero-order valence-electron chi connectivity index (χ0n) is 13.2. The molecule has 2 N–H and O–H groups in total. The van der Waals surface area contributed by atoms with Crippen LogP contribution in [-0.2, 0) is 27.0 Å². The lowest BCUT2D eigenvalue weighted by molar-refractivity contribution is -0.143. The minimum atomic E-state index is -4.56. The second kappa shape index (κ2) is 6.80. The second-order valence-electron chi connectivity index (χ2n) is 5.85. The van der Waals surface area contributed by atoms with Gasteiger partial charge < -0.3 is 15.4 Å². The van der Waals surface area contributed by atoms with Gasteiger partial charge >= 0.3 is 6.18 Å². The van der Waals surface area contributed by atoms with E-state index in [0.717, 1.165) is 16.9 Å². The number of amides is 2. The molecule has 24 heavy (non-hydrogen) atoms. The molecule has 0 bridgehead atoms. The third kappa shape index (κ3) is 3.86. The molecule has 1 aromatic rings. The van der Waals surface area contributed by atoms with Crippen molar-refractivity contribution in [2.75, 3.05) is 20.3 Å². The molecule has 1 aliphatic heterocycles. The number of alkyl halides is 3. The third-order valence-corrected chi connectivity index (χ3v) is 4.04. The van der Waals surface area contributed by atoms with E-state index in [9.17, 15) is 22.8 Å². The standard InChI is InChI=1S/C14H19F3N4O3/c1-24-9-13(7-11(18)22)4-2-5-21(13)12(23)8-20-6-3-10(19-20)14(15,16)17/h3,6H,2,4-5,7-9H2,1H3,(H2,18,22). The third-order valence-electron chi connectivity index (χ3n) is 4.04. The van der Waals surface area contributed by atoms with Gasteiger partial charge in [-0.15, -0.1) is 0 Å². The lowest BCUT2D eigenvalue weighted by Crippen LogP contribution is -2.53. The van der Waals surface area contributed by atoms with Gasteiger partial charge in [-0.2, -0.15) is 18.3 Å². The molecule has 10 heteroatoms. The Morgan fingerprint density at radius 2 is 2.17 bits per heavy atom. The Bertz CT molecular complexity index is 617. The van der Waals surface area contributed by atoms with Gasteiger partial charge in [0.1, 0.15) is 6.54 Å². The van der Waals surface area contributed by atoms with Crippen LogP contribution >= 0.6 is 0 Å². The van der Waals surface area contributed by atoms with Crippen molar-refractivity contribution >= 4 is 11.8 Å². The fourth-order valence-corrected chi connectivity index (χ4v) is 3.13. The minimum absolute atomic E-state index is 0.0561. The number of likely N-dealkylation sites (tertiary alicyclic amines) is 1. The van der Waals surface area contributed by atoms with E-state index in [4.69, 9.17) is 10.5 Å². The van der Waals surface area contributed by atoms with Crippen LogP contribution < -0.4 is 5.73 Å². The number of halogens is 3. The molecule has 1 unspecified atom stereocenters. The molecular weight excluding hydrogens is 329 g/mol. The highest BCUT2D eigenvalue weighted by Crippen LogP contribution is 2.33. The van der Waals surface area contributed by atoms with Crippen molar-refractivity contribution in [3.05, 3.63) is 18.0 Å². The van der Waals surface area contributed by atoms with Gasteiger partial charge in [-0.3, -0.25) is 14.3 Å². The molecule has 1 atom stereocenters. The summed E-state index contributed by atoms with van der Waals surface area (Å²) in [5.74, 6) is -0.993. The first-order valence-corrected chi connectivity index (χ1v) is 7.36. The number of hydrogen-bond acceptors (Lipinski definition) is 4. The van der Waals surface area contributed by atoms with Gasteiger partial charge in [-0.1, -0.05) is 0 Å². The van der Waals surface area contributed by atoms with E-state index in [1.807, 2.05) is 0 Å². The first kappa shape index (κ1) is 18.2. The quantitative estimate of drug-likeness (QED) is 0.823. The summed E-state index contributed by atoms with van der Waals surface area (Å²) in [5.41, 5.74) is 3.37. The number of carbonyl (C=O) groups is 2. The number of hydrogen-bond donors (Lipinski definition) is 1. The highest BCUT2D eigenvalue weighted by Gasteiger charge is 2.45. The molecule has 2 amide bonds. The van der Waals surface area contributed by atoms with E-state index >= 15 is 0 Å². The molecule has 1 aliphatic rings. The summed E-state index contributed by atoms with van der Waals surface area (Å²) in [4.78, 5) is 25.4. The Morgan fingerprint density at radius 3 is 2.71 bits per heavy atom. The van der Waals surface area contributed by atoms with Gasteiger partial charge in [-0.25, -0.2) is 0 Å². The minimum Gasteiger partial charge on any atom is -0.382 e. The zero-order chi connectivity index (χ0) is 18.0. The average molecular weight is 348 g/mol. The van der Waals surface area contributed by atoms with Crippen LogP contribution in [0.5, 0.6) is 0 Å². The predicted octanol–water partition coefficient (Wildman–Crippen LogP) is 0.785. The summed E-state index contributed by atoms with van der Waals surface area (Å²) in [5, 5.41) is 3.37. The molecule has 2 rings (SSSR count). The maximum Gasteiger partial charge on any atom is 0.435 e. The molecule has 7 nitrogen and oxygen atoms in total. The van der Waals surface area contributed by atoms with Crippen LogP contribution in [0.15, 0.2) is 12.3 Å². The Morgan fingerprint density at radius 1 is 1.46 bits per heavy atom. The van der Waals surface area contributed by atoms with Crippen LogP contribution in [-0.4, -0.2) is 52.3 Å². The average Bonchev–Trinajstić information content (AvgIpc) is 3.05. The maximum atomic E-state index is 12.6.